The summed E-state index contributed by atoms with van der Waals surface area (Å²) in [5.41, 5.74) is 0.322. The highest BCUT2D eigenvalue weighted by Gasteiger charge is 2.24. The summed E-state index contributed by atoms with van der Waals surface area (Å²) in [6, 6.07) is 3.77. The Morgan fingerprint density at radius 1 is 1.41 bits per heavy atom. The minimum Gasteiger partial charge on any atom is -0.365 e. The maximum atomic E-state index is 11.7. The minimum atomic E-state index is -3.19. The van der Waals surface area contributed by atoms with E-state index >= 15 is 0 Å². The number of rotatable bonds is 7. The fourth-order valence-corrected chi connectivity index (χ4v) is 3.22. The molecular weight excluding hydrogens is 308 g/mol. The number of nitro groups is 1. The fraction of sp³-hybridized carbons (Fsp3) is 0.500. The lowest BCUT2D eigenvalue weighted by Crippen LogP contribution is -2.36. The molecule has 0 aromatic heterocycles. The average molecular weight is 328 g/mol. The number of hydrogen-bond donors (Lipinski definition) is 0. The highest BCUT2D eigenvalue weighted by molar-refractivity contribution is 7.91. The lowest BCUT2D eigenvalue weighted by molar-refractivity contribution is -0.384. The molecule has 0 unspecified atom stereocenters. The van der Waals surface area contributed by atoms with Crippen molar-refractivity contribution in [2.45, 2.75) is 26.8 Å². The van der Waals surface area contributed by atoms with Crippen LogP contribution in [-0.2, 0) is 9.84 Å². The molecule has 0 aliphatic heterocycles. The van der Waals surface area contributed by atoms with Gasteiger partial charge in [0.15, 0.2) is 15.6 Å². The maximum absolute atomic E-state index is 11.7. The topological polar surface area (TPSA) is 97.6 Å². The van der Waals surface area contributed by atoms with E-state index in [-0.39, 0.29) is 34.2 Å². The van der Waals surface area contributed by atoms with E-state index < -0.39 is 20.8 Å². The van der Waals surface area contributed by atoms with Crippen molar-refractivity contribution in [1.82, 2.24) is 0 Å². The Balaban J connectivity index is 3.19. The van der Waals surface area contributed by atoms with Crippen molar-refractivity contribution >= 4 is 27.0 Å². The van der Waals surface area contributed by atoms with Gasteiger partial charge in [0, 0.05) is 30.5 Å². The predicted molar refractivity (Wildman–Crippen MR) is 85.3 cm³/mol. The van der Waals surface area contributed by atoms with Crippen LogP contribution in [0.15, 0.2) is 18.2 Å². The van der Waals surface area contributed by atoms with Gasteiger partial charge >= 0.3 is 0 Å². The molecule has 1 aromatic carbocycles. The van der Waals surface area contributed by atoms with E-state index in [9.17, 15) is 23.3 Å². The molecule has 7 nitrogen and oxygen atoms in total. The first kappa shape index (κ1) is 18.1. The van der Waals surface area contributed by atoms with Crippen molar-refractivity contribution in [3.05, 3.63) is 33.9 Å². The first-order chi connectivity index (χ1) is 10.1. The summed E-state index contributed by atoms with van der Waals surface area (Å²) in [6.45, 7) is 4.58. The van der Waals surface area contributed by atoms with Gasteiger partial charge in [-0.15, -0.1) is 0 Å². The summed E-state index contributed by atoms with van der Waals surface area (Å²) in [5, 5.41) is 11.2. The van der Waals surface area contributed by atoms with Crippen LogP contribution in [0.2, 0.25) is 0 Å². The molecule has 1 rings (SSSR count). The lowest BCUT2D eigenvalue weighted by atomic mass is 10.1. The SMILES string of the molecule is CCS(=O)(=O)C[C@@H](C)N(C)c1ccc(C(C)=O)cc1[N+](=O)[O-]. The molecule has 8 heteroatoms. The molecule has 0 saturated carbocycles. The summed E-state index contributed by atoms with van der Waals surface area (Å²) in [5.74, 6) is -0.332. The number of anilines is 1. The van der Waals surface area contributed by atoms with E-state index in [2.05, 4.69) is 0 Å². The summed E-state index contributed by atoms with van der Waals surface area (Å²) >= 11 is 0. The summed E-state index contributed by atoms with van der Waals surface area (Å²) in [4.78, 5) is 23.5. The van der Waals surface area contributed by atoms with E-state index in [1.165, 1.54) is 25.1 Å². The first-order valence-electron chi connectivity index (χ1n) is 6.81. The number of ketones is 1. The molecule has 0 heterocycles. The van der Waals surface area contributed by atoms with Gasteiger partial charge in [0.2, 0.25) is 0 Å². The monoisotopic (exact) mass is 328 g/mol. The van der Waals surface area contributed by atoms with Crippen LogP contribution in [0, 0.1) is 10.1 Å². The molecule has 122 valence electrons. The molecule has 0 fully saturated rings. The standard InChI is InChI=1S/C14H20N2O5S/c1-5-22(20,21)9-10(2)15(4)13-7-6-12(11(3)17)8-14(13)16(18)19/h6-8,10H,5,9H2,1-4H3/t10-/m1/s1. The maximum Gasteiger partial charge on any atom is 0.293 e. The minimum absolute atomic E-state index is 0.0244. The van der Waals surface area contributed by atoms with Crippen LogP contribution in [0.5, 0.6) is 0 Å². The Bertz CT molecular complexity index is 684. The smallest absolute Gasteiger partial charge is 0.293 e. The zero-order chi connectivity index (χ0) is 17.1. The van der Waals surface area contributed by atoms with Crippen LogP contribution >= 0.6 is 0 Å². The van der Waals surface area contributed by atoms with Gasteiger partial charge in [0.05, 0.1) is 10.7 Å². The van der Waals surface area contributed by atoms with Gasteiger partial charge < -0.3 is 4.90 Å². The molecule has 0 spiro atoms. The molecular formula is C14H20N2O5S. The Labute approximate surface area is 130 Å². The molecule has 0 amide bonds. The van der Waals surface area contributed by atoms with Crippen molar-refractivity contribution in [2.24, 2.45) is 0 Å². The second-order valence-electron chi connectivity index (χ2n) is 5.18. The number of Topliss-reactive ketones (excluding diaryl/α,β-unsaturated/α-hetero) is 1. The van der Waals surface area contributed by atoms with Gasteiger partial charge in [-0.2, -0.15) is 0 Å². The summed E-state index contributed by atoms with van der Waals surface area (Å²) in [6.07, 6.45) is 0. The third kappa shape index (κ3) is 4.27. The molecule has 0 aliphatic carbocycles. The number of hydrogen-bond acceptors (Lipinski definition) is 6. The van der Waals surface area contributed by atoms with Crippen molar-refractivity contribution < 1.29 is 18.1 Å². The van der Waals surface area contributed by atoms with Crippen LogP contribution in [0.25, 0.3) is 0 Å². The van der Waals surface area contributed by atoms with Crippen molar-refractivity contribution in [3.8, 4) is 0 Å². The molecule has 0 N–H and O–H groups in total. The van der Waals surface area contributed by atoms with E-state index in [0.717, 1.165) is 0 Å². The molecule has 0 radical (unpaired) electrons. The van der Waals surface area contributed by atoms with Crippen LogP contribution in [0.3, 0.4) is 0 Å². The van der Waals surface area contributed by atoms with E-state index in [4.69, 9.17) is 0 Å². The van der Waals surface area contributed by atoms with Crippen LogP contribution in [0.4, 0.5) is 11.4 Å². The van der Waals surface area contributed by atoms with Gasteiger partial charge in [-0.05, 0) is 26.0 Å². The van der Waals surface area contributed by atoms with E-state index in [1.54, 1.807) is 25.8 Å². The quantitative estimate of drug-likeness (QED) is 0.432. The molecule has 0 bridgehead atoms. The van der Waals surface area contributed by atoms with E-state index in [1.807, 2.05) is 0 Å². The van der Waals surface area contributed by atoms with Crippen molar-refractivity contribution in [3.63, 3.8) is 0 Å². The normalized spacial score (nSPS) is 12.7. The number of benzene rings is 1. The Morgan fingerprint density at radius 2 is 2.00 bits per heavy atom. The first-order valence-corrected chi connectivity index (χ1v) is 8.63. The highest BCUT2D eigenvalue weighted by atomic mass is 32.2. The number of sulfone groups is 1. The van der Waals surface area contributed by atoms with Crippen molar-refractivity contribution in [2.75, 3.05) is 23.5 Å². The van der Waals surface area contributed by atoms with E-state index in [0.29, 0.717) is 0 Å². The lowest BCUT2D eigenvalue weighted by Gasteiger charge is -2.26. The number of nitrogens with zero attached hydrogens (tertiary/aromatic N) is 2. The largest absolute Gasteiger partial charge is 0.365 e. The van der Waals surface area contributed by atoms with Crippen LogP contribution in [0.1, 0.15) is 31.1 Å². The zero-order valence-electron chi connectivity index (χ0n) is 13.1. The third-order valence-corrected chi connectivity index (χ3v) is 5.42. The van der Waals surface area contributed by atoms with Gasteiger partial charge in [0.25, 0.3) is 5.69 Å². The summed E-state index contributed by atoms with van der Waals surface area (Å²) in [7, 11) is -1.59. The molecule has 0 aliphatic rings. The highest BCUT2D eigenvalue weighted by Crippen LogP contribution is 2.30. The number of nitro benzene ring substituents is 1. The number of carbonyl (C=O) groups excluding carboxylic acids is 1. The van der Waals surface area contributed by atoms with Crippen LogP contribution in [-0.4, -0.2) is 43.7 Å². The molecule has 0 saturated heterocycles. The Morgan fingerprint density at radius 3 is 2.45 bits per heavy atom. The molecule has 1 atom stereocenters. The van der Waals surface area contributed by atoms with Gasteiger partial charge in [-0.1, -0.05) is 6.92 Å². The van der Waals surface area contributed by atoms with Gasteiger partial charge in [0.1, 0.15) is 5.69 Å². The number of carbonyl (C=O) groups is 1. The predicted octanol–water partition coefficient (Wildman–Crippen LogP) is 2.06. The second-order valence-corrected chi connectivity index (χ2v) is 7.57. The summed E-state index contributed by atoms with van der Waals surface area (Å²) < 4.78 is 23.4. The third-order valence-electron chi connectivity index (χ3n) is 3.55. The Hall–Kier alpha value is -1.96. The zero-order valence-corrected chi connectivity index (χ0v) is 13.9. The van der Waals surface area contributed by atoms with Gasteiger partial charge in [-0.3, -0.25) is 14.9 Å². The average Bonchev–Trinajstić information content (AvgIpc) is 2.45. The van der Waals surface area contributed by atoms with Gasteiger partial charge in [-0.25, -0.2) is 8.42 Å². The fourth-order valence-electron chi connectivity index (χ4n) is 2.02. The van der Waals surface area contributed by atoms with Crippen LogP contribution < -0.4 is 4.90 Å². The van der Waals surface area contributed by atoms with Crippen molar-refractivity contribution in [1.29, 1.82) is 0 Å². The molecule has 1 aromatic rings. The Kier molecular flexibility index (Phi) is 5.65. The second kappa shape index (κ2) is 6.87. The molecule has 22 heavy (non-hydrogen) atoms.